The molecule has 0 fully saturated rings. The summed E-state index contributed by atoms with van der Waals surface area (Å²) in [6, 6.07) is 10.7. The lowest BCUT2D eigenvalue weighted by atomic mass is 10.1. The van der Waals surface area contributed by atoms with Gasteiger partial charge in [-0.05, 0) is 59.2 Å². The number of aryl methyl sites for hydroxylation is 2. The van der Waals surface area contributed by atoms with Gasteiger partial charge in [-0.3, -0.25) is 0 Å². The summed E-state index contributed by atoms with van der Waals surface area (Å²) in [5, 5.41) is 0. The van der Waals surface area contributed by atoms with Crippen molar-refractivity contribution in [3.05, 3.63) is 56.3 Å². The smallest absolute Gasteiger partial charge is 0.227 e. The maximum absolute atomic E-state index is 6.11. The number of hydrogen-bond acceptors (Lipinski definition) is 2. The van der Waals surface area contributed by atoms with Crippen molar-refractivity contribution in [1.82, 2.24) is 4.98 Å². The van der Waals surface area contributed by atoms with E-state index in [9.17, 15) is 0 Å². The number of benzene rings is 1. The van der Waals surface area contributed by atoms with Crippen LogP contribution in [0.1, 0.15) is 22.4 Å². The molecule has 0 spiro atoms. The van der Waals surface area contributed by atoms with Gasteiger partial charge in [0.05, 0.1) is 3.57 Å². The molecule has 1 aromatic carbocycles. The molecule has 0 N–H and O–H groups in total. The highest BCUT2D eigenvalue weighted by molar-refractivity contribution is 14.1. The Balaban J connectivity index is 1.79. The van der Waals surface area contributed by atoms with Gasteiger partial charge in [-0.2, -0.15) is 0 Å². The van der Waals surface area contributed by atoms with E-state index in [2.05, 4.69) is 64.8 Å². The van der Waals surface area contributed by atoms with Crippen molar-refractivity contribution in [1.29, 1.82) is 0 Å². The first-order valence-corrected chi connectivity index (χ1v) is 7.58. The Morgan fingerprint density at radius 1 is 1.16 bits per heavy atom. The molecule has 1 aliphatic rings. The molecular weight excluding hydrogens is 349 g/mol. The third kappa shape index (κ3) is 2.61. The van der Waals surface area contributed by atoms with Crippen molar-refractivity contribution in [2.75, 3.05) is 0 Å². The summed E-state index contributed by atoms with van der Waals surface area (Å²) >= 11 is 2.30. The fraction of sp³-hybridized carbons (Fsp3) is 0.312. The second-order valence-corrected chi connectivity index (χ2v) is 6.26. The molecule has 2 aromatic rings. The Hall–Kier alpha value is -1.10. The number of aromatic nitrogens is 1. The number of pyridine rings is 1. The predicted molar refractivity (Wildman–Crippen MR) is 84.7 cm³/mol. The van der Waals surface area contributed by atoms with Crippen LogP contribution in [0.3, 0.4) is 0 Å². The fourth-order valence-corrected chi connectivity index (χ4v) is 3.21. The van der Waals surface area contributed by atoms with E-state index in [0.29, 0.717) is 0 Å². The molecule has 98 valence electrons. The minimum Gasteiger partial charge on any atom is -0.473 e. The molecule has 1 heterocycles. The Kier molecular flexibility index (Phi) is 3.48. The van der Waals surface area contributed by atoms with Gasteiger partial charge in [-0.25, -0.2) is 4.98 Å². The topological polar surface area (TPSA) is 22.1 Å². The van der Waals surface area contributed by atoms with E-state index < -0.39 is 0 Å². The fourth-order valence-electron chi connectivity index (χ4n) is 2.49. The molecule has 0 atom stereocenters. The van der Waals surface area contributed by atoms with Crippen LogP contribution in [0, 0.1) is 17.4 Å². The highest BCUT2D eigenvalue weighted by atomic mass is 127. The van der Waals surface area contributed by atoms with Gasteiger partial charge in [-0.1, -0.05) is 24.3 Å². The largest absolute Gasteiger partial charge is 0.473 e. The van der Waals surface area contributed by atoms with Gasteiger partial charge in [0.25, 0.3) is 0 Å². The molecule has 0 unspecified atom stereocenters. The van der Waals surface area contributed by atoms with Crippen molar-refractivity contribution >= 4 is 22.6 Å². The minimum atomic E-state index is 0.223. The SMILES string of the molecule is Cc1cc(I)c(OC2Cc3ccccc3C2)nc1C. The van der Waals surface area contributed by atoms with Crippen molar-refractivity contribution in [3.63, 3.8) is 0 Å². The van der Waals surface area contributed by atoms with E-state index >= 15 is 0 Å². The van der Waals surface area contributed by atoms with Crippen LogP contribution in [0.25, 0.3) is 0 Å². The first kappa shape index (κ1) is 12.9. The maximum atomic E-state index is 6.11. The lowest BCUT2D eigenvalue weighted by Crippen LogP contribution is -2.18. The van der Waals surface area contributed by atoms with Crippen LogP contribution < -0.4 is 4.74 Å². The summed E-state index contributed by atoms with van der Waals surface area (Å²) in [6.45, 7) is 4.11. The lowest BCUT2D eigenvalue weighted by Gasteiger charge is -2.14. The number of halogens is 1. The predicted octanol–water partition coefficient (Wildman–Crippen LogP) is 3.85. The lowest BCUT2D eigenvalue weighted by molar-refractivity contribution is 0.203. The highest BCUT2D eigenvalue weighted by Crippen LogP contribution is 2.28. The van der Waals surface area contributed by atoms with Gasteiger partial charge in [0.15, 0.2) is 0 Å². The monoisotopic (exact) mass is 365 g/mol. The quantitative estimate of drug-likeness (QED) is 0.755. The Labute approximate surface area is 127 Å². The first-order valence-electron chi connectivity index (χ1n) is 6.50. The normalized spacial score (nSPS) is 14.5. The number of fused-ring (bicyclic) bond motifs is 1. The summed E-state index contributed by atoms with van der Waals surface area (Å²) in [4.78, 5) is 4.57. The van der Waals surface area contributed by atoms with Gasteiger partial charge in [0.1, 0.15) is 6.10 Å². The number of hydrogen-bond donors (Lipinski definition) is 0. The van der Waals surface area contributed by atoms with Crippen LogP contribution in [-0.4, -0.2) is 11.1 Å². The highest BCUT2D eigenvalue weighted by Gasteiger charge is 2.23. The second-order valence-electron chi connectivity index (χ2n) is 5.09. The van der Waals surface area contributed by atoms with Crippen LogP contribution in [-0.2, 0) is 12.8 Å². The molecule has 1 aliphatic carbocycles. The molecular formula is C16H16INO. The summed E-state index contributed by atoms with van der Waals surface area (Å²) in [6.07, 6.45) is 2.20. The summed E-state index contributed by atoms with van der Waals surface area (Å²) in [5.74, 6) is 0.779. The molecule has 0 bridgehead atoms. The molecule has 0 saturated carbocycles. The average Bonchev–Trinajstić information content (AvgIpc) is 2.78. The molecule has 1 aromatic heterocycles. The third-order valence-electron chi connectivity index (χ3n) is 3.68. The Morgan fingerprint density at radius 3 is 2.42 bits per heavy atom. The van der Waals surface area contributed by atoms with E-state index in [0.717, 1.165) is 28.0 Å². The van der Waals surface area contributed by atoms with Crippen molar-refractivity contribution in [2.24, 2.45) is 0 Å². The molecule has 0 amide bonds. The van der Waals surface area contributed by atoms with Crippen molar-refractivity contribution < 1.29 is 4.74 Å². The van der Waals surface area contributed by atoms with Crippen LogP contribution in [0.4, 0.5) is 0 Å². The molecule has 0 radical (unpaired) electrons. The van der Waals surface area contributed by atoms with E-state index in [4.69, 9.17) is 4.74 Å². The molecule has 3 heteroatoms. The van der Waals surface area contributed by atoms with E-state index in [1.54, 1.807) is 0 Å². The maximum Gasteiger partial charge on any atom is 0.227 e. The molecule has 3 rings (SSSR count). The Bertz CT molecular complexity index is 599. The second kappa shape index (κ2) is 5.12. The van der Waals surface area contributed by atoms with Gasteiger partial charge >= 0.3 is 0 Å². The minimum absolute atomic E-state index is 0.223. The van der Waals surface area contributed by atoms with E-state index in [-0.39, 0.29) is 6.10 Å². The van der Waals surface area contributed by atoms with Gasteiger partial charge in [-0.15, -0.1) is 0 Å². The van der Waals surface area contributed by atoms with Gasteiger partial charge in [0.2, 0.25) is 5.88 Å². The zero-order valence-corrected chi connectivity index (χ0v) is 13.3. The van der Waals surface area contributed by atoms with E-state index in [1.165, 1.54) is 16.7 Å². The van der Waals surface area contributed by atoms with Crippen LogP contribution in [0.5, 0.6) is 5.88 Å². The molecule has 0 saturated heterocycles. The zero-order valence-electron chi connectivity index (χ0n) is 11.1. The van der Waals surface area contributed by atoms with Gasteiger partial charge in [0, 0.05) is 18.5 Å². The molecule has 19 heavy (non-hydrogen) atoms. The van der Waals surface area contributed by atoms with Crippen LogP contribution in [0.15, 0.2) is 30.3 Å². The van der Waals surface area contributed by atoms with Crippen molar-refractivity contribution in [2.45, 2.75) is 32.8 Å². The summed E-state index contributed by atoms with van der Waals surface area (Å²) in [7, 11) is 0. The van der Waals surface area contributed by atoms with Crippen molar-refractivity contribution in [3.8, 4) is 5.88 Å². The molecule has 0 aliphatic heterocycles. The molecule has 2 nitrogen and oxygen atoms in total. The summed E-state index contributed by atoms with van der Waals surface area (Å²) < 4.78 is 7.20. The first-order chi connectivity index (χ1) is 9.13. The standard InChI is InChI=1S/C16H16INO/c1-10-7-15(17)16(18-11(10)2)19-14-8-12-5-3-4-6-13(12)9-14/h3-7,14H,8-9H2,1-2H3. The van der Waals surface area contributed by atoms with Gasteiger partial charge < -0.3 is 4.74 Å². The Morgan fingerprint density at radius 2 is 1.79 bits per heavy atom. The number of ether oxygens (including phenoxy) is 1. The average molecular weight is 365 g/mol. The van der Waals surface area contributed by atoms with Crippen LogP contribution >= 0.6 is 22.6 Å². The number of rotatable bonds is 2. The van der Waals surface area contributed by atoms with E-state index in [1.807, 2.05) is 6.92 Å². The summed E-state index contributed by atoms with van der Waals surface area (Å²) in [5.41, 5.74) is 5.08. The van der Waals surface area contributed by atoms with Crippen LogP contribution in [0.2, 0.25) is 0 Å². The third-order valence-corrected chi connectivity index (χ3v) is 4.45. The number of nitrogens with zero attached hydrogens (tertiary/aromatic N) is 1. The zero-order chi connectivity index (χ0) is 13.4.